The Morgan fingerprint density at radius 1 is 0.900 bits per heavy atom. The fraction of sp³-hybridized carbons (Fsp3) is 0.484. The molecule has 3 rings (SSSR count). The molecule has 2 aromatic rings. The molecule has 1 aliphatic heterocycles. The highest BCUT2D eigenvalue weighted by Gasteiger charge is 2.29. The molecule has 1 saturated heterocycles. The minimum atomic E-state index is -0.789. The molecule has 0 aromatic heterocycles. The van der Waals surface area contributed by atoms with E-state index in [0.29, 0.717) is 18.6 Å². The van der Waals surface area contributed by atoms with Crippen LogP contribution in [0.1, 0.15) is 93.5 Å². The standard InChI is InChI=1S/C31H39FN2O6/c1-18-11-13-22(34-29(38)31(5,6)7)26(27(18)40-25-10-8-9-15-39-25)24(36)17-23(35)19-12-14-21(20(32)16-19)33-28(37)30(2,3)4/h11-14,16,25H,8-10,15,17H2,1-7H3,(H,33,37)(H,34,38). The van der Waals surface area contributed by atoms with Crippen molar-refractivity contribution in [2.24, 2.45) is 10.8 Å². The molecule has 8 nitrogen and oxygen atoms in total. The third-order valence-electron chi connectivity index (χ3n) is 6.49. The van der Waals surface area contributed by atoms with Gasteiger partial charge in [0, 0.05) is 22.8 Å². The molecular weight excluding hydrogens is 515 g/mol. The summed E-state index contributed by atoms with van der Waals surface area (Å²) in [6.07, 6.45) is 1.31. The fourth-order valence-electron chi connectivity index (χ4n) is 3.90. The molecule has 0 spiro atoms. The lowest BCUT2D eigenvalue weighted by Crippen LogP contribution is -2.29. The van der Waals surface area contributed by atoms with Crippen LogP contribution in [0.3, 0.4) is 0 Å². The van der Waals surface area contributed by atoms with E-state index in [1.165, 1.54) is 12.1 Å². The monoisotopic (exact) mass is 554 g/mol. The van der Waals surface area contributed by atoms with Gasteiger partial charge in [0.1, 0.15) is 11.6 Å². The Labute approximate surface area is 235 Å². The topological polar surface area (TPSA) is 111 Å². The van der Waals surface area contributed by atoms with Crippen LogP contribution in [0, 0.1) is 23.6 Å². The first-order chi connectivity index (χ1) is 18.6. The van der Waals surface area contributed by atoms with Gasteiger partial charge < -0.3 is 20.1 Å². The second-order valence-corrected chi connectivity index (χ2v) is 12.2. The number of carbonyl (C=O) groups is 4. The van der Waals surface area contributed by atoms with E-state index < -0.39 is 40.9 Å². The highest BCUT2D eigenvalue weighted by atomic mass is 19.1. The van der Waals surface area contributed by atoms with E-state index in [0.717, 1.165) is 18.9 Å². The minimum Gasteiger partial charge on any atom is -0.464 e. The Morgan fingerprint density at radius 2 is 1.50 bits per heavy atom. The van der Waals surface area contributed by atoms with E-state index in [9.17, 15) is 23.6 Å². The third kappa shape index (κ3) is 7.75. The summed E-state index contributed by atoms with van der Waals surface area (Å²) in [5, 5.41) is 5.32. The summed E-state index contributed by atoms with van der Waals surface area (Å²) in [6, 6.07) is 7.00. The SMILES string of the molecule is Cc1ccc(NC(=O)C(C)(C)C)c(C(=O)CC(=O)c2ccc(NC(=O)C(C)(C)C)c(F)c2)c1OC1CCCCO1. The van der Waals surface area contributed by atoms with Crippen LogP contribution in [0.2, 0.25) is 0 Å². The smallest absolute Gasteiger partial charge is 0.229 e. The number of hydrogen-bond acceptors (Lipinski definition) is 6. The van der Waals surface area contributed by atoms with Gasteiger partial charge in [-0.25, -0.2) is 4.39 Å². The minimum absolute atomic E-state index is 0.0226. The van der Waals surface area contributed by atoms with Crippen LogP contribution < -0.4 is 15.4 Å². The van der Waals surface area contributed by atoms with E-state index >= 15 is 0 Å². The van der Waals surface area contributed by atoms with Crippen LogP contribution in [0.15, 0.2) is 30.3 Å². The summed E-state index contributed by atoms with van der Waals surface area (Å²) in [5.74, 6) is -2.45. The van der Waals surface area contributed by atoms with E-state index in [4.69, 9.17) is 9.47 Å². The normalized spacial score (nSPS) is 15.8. The van der Waals surface area contributed by atoms with E-state index in [1.54, 1.807) is 60.6 Å². The predicted molar refractivity (Wildman–Crippen MR) is 151 cm³/mol. The number of rotatable bonds is 8. The van der Waals surface area contributed by atoms with Crippen molar-refractivity contribution < 1.29 is 33.0 Å². The summed E-state index contributed by atoms with van der Waals surface area (Å²) < 4.78 is 26.6. The van der Waals surface area contributed by atoms with Crippen molar-refractivity contribution in [1.82, 2.24) is 0 Å². The van der Waals surface area contributed by atoms with Gasteiger partial charge in [-0.3, -0.25) is 19.2 Å². The molecule has 2 aromatic carbocycles. The molecule has 0 saturated carbocycles. The van der Waals surface area contributed by atoms with Gasteiger partial charge in [0.15, 0.2) is 17.9 Å². The second kappa shape index (κ2) is 12.3. The number of carbonyl (C=O) groups excluding carboxylic acids is 4. The predicted octanol–water partition coefficient (Wildman–Crippen LogP) is 6.46. The van der Waals surface area contributed by atoms with Crippen LogP contribution in [0.25, 0.3) is 0 Å². The number of nitrogens with one attached hydrogen (secondary N) is 2. The molecule has 216 valence electrons. The molecule has 1 heterocycles. The second-order valence-electron chi connectivity index (χ2n) is 12.2. The highest BCUT2D eigenvalue weighted by molar-refractivity contribution is 6.17. The van der Waals surface area contributed by atoms with Gasteiger partial charge in [-0.05, 0) is 49.6 Å². The first-order valence-electron chi connectivity index (χ1n) is 13.5. The molecule has 1 unspecified atom stereocenters. The van der Waals surface area contributed by atoms with E-state index in [1.807, 2.05) is 0 Å². The lowest BCUT2D eigenvalue weighted by molar-refractivity contribution is -0.123. The van der Waals surface area contributed by atoms with E-state index in [2.05, 4.69) is 10.6 Å². The summed E-state index contributed by atoms with van der Waals surface area (Å²) in [4.78, 5) is 51.8. The van der Waals surface area contributed by atoms with Crippen LogP contribution in [0.5, 0.6) is 5.75 Å². The highest BCUT2D eigenvalue weighted by Crippen LogP contribution is 2.35. The molecule has 9 heteroatoms. The maximum atomic E-state index is 14.8. The molecule has 0 radical (unpaired) electrons. The molecule has 1 fully saturated rings. The Morgan fingerprint density at radius 3 is 2.05 bits per heavy atom. The van der Waals surface area contributed by atoms with E-state index in [-0.39, 0.29) is 40.1 Å². The Kier molecular flexibility index (Phi) is 9.51. The molecule has 2 N–H and O–H groups in total. The van der Waals surface area contributed by atoms with Crippen molar-refractivity contribution in [3.05, 3.63) is 52.8 Å². The zero-order valence-electron chi connectivity index (χ0n) is 24.3. The number of hydrogen-bond donors (Lipinski definition) is 2. The van der Waals surface area contributed by atoms with Gasteiger partial charge in [0.2, 0.25) is 11.8 Å². The number of anilines is 2. The number of ketones is 2. The maximum Gasteiger partial charge on any atom is 0.229 e. The van der Waals surface area contributed by atoms with Crippen molar-refractivity contribution in [3.8, 4) is 5.75 Å². The largest absolute Gasteiger partial charge is 0.464 e. The molecular formula is C31H39FN2O6. The number of amides is 2. The van der Waals surface area contributed by atoms with Gasteiger partial charge in [-0.2, -0.15) is 0 Å². The summed E-state index contributed by atoms with van der Waals surface area (Å²) >= 11 is 0. The summed E-state index contributed by atoms with van der Waals surface area (Å²) in [6.45, 7) is 12.6. The van der Waals surface area contributed by atoms with Gasteiger partial charge in [0.25, 0.3) is 0 Å². The molecule has 0 bridgehead atoms. The third-order valence-corrected chi connectivity index (χ3v) is 6.49. The maximum absolute atomic E-state index is 14.8. The number of Topliss-reactive ketones (excluding diaryl/α,β-unsaturated/α-hetero) is 2. The summed E-state index contributed by atoms with van der Waals surface area (Å²) in [5.41, 5.74) is -0.624. The van der Waals surface area contributed by atoms with Gasteiger partial charge in [-0.15, -0.1) is 0 Å². The Bertz CT molecular complexity index is 1300. The van der Waals surface area contributed by atoms with Gasteiger partial charge in [-0.1, -0.05) is 47.6 Å². The Balaban J connectivity index is 1.92. The van der Waals surface area contributed by atoms with Crippen LogP contribution in [0.4, 0.5) is 15.8 Å². The zero-order chi connectivity index (χ0) is 29.8. The van der Waals surface area contributed by atoms with Crippen molar-refractivity contribution in [3.63, 3.8) is 0 Å². The van der Waals surface area contributed by atoms with Gasteiger partial charge >= 0.3 is 0 Å². The first-order valence-corrected chi connectivity index (χ1v) is 13.5. The van der Waals surface area contributed by atoms with Crippen LogP contribution in [-0.4, -0.2) is 36.3 Å². The molecule has 1 atom stereocenters. The lowest BCUT2D eigenvalue weighted by atomic mass is 9.94. The van der Waals surface area contributed by atoms with Crippen molar-refractivity contribution >= 4 is 34.8 Å². The quantitative estimate of drug-likeness (QED) is 0.286. The summed E-state index contributed by atoms with van der Waals surface area (Å²) in [7, 11) is 0. The first kappa shape index (κ1) is 30.9. The van der Waals surface area contributed by atoms with Crippen molar-refractivity contribution in [1.29, 1.82) is 0 Å². The zero-order valence-corrected chi connectivity index (χ0v) is 24.3. The number of ether oxygens (including phenoxy) is 2. The number of benzene rings is 2. The molecule has 2 amide bonds. The fourth-order valence-corrected chi connectivity index (χ4v) is 3.90. The van der Waals surface area contributed by atoms with Crippen LogP contribution in [-0.2, 0) is 14.3 Å². The average molecular weight is 555 g/mol. The van der Waals surface area contributed by atoms with Crippen molar-refractivity contribution in [2.75, 3.05) is 17.2 Å². The number of aryl methyl sites for hydroxylation is 1. The lowest BCUT2D eigenvalue weighted by Gasteiger charge is -2.27. The van der Waals surface area contributed by atoms with Crippen molar-refractivity contribution in [2.45, 2.75) is 80.4 Å². The molecule has 0 aliphatic carbocycles. The Hall–Kier alpha value is -3.59. The number of halogens is 1. The average Bonchev–Trinajstić information content (AvgIpc) is 2.86. The molecule has 40 heavy (non-hydrogen) atoms. The van der Waals surface area contributed by atoms with Gasteiger partial charge in [0.05, 0.1) is 30.0 Å². The molecule has 1 aliphatic rings. The van der Waals surface area contributed by atoms with Crippen LogP contribution >= 0.6 is 0 Å².